The van der Waals surface area contributed by atoms with Gasteiger partial charge in [0.05, 0.1) is 5.02 Å². The van der Waals surface area contributed by atoms with Gasteiger partial charge in [-0.3, -0.25) is 0 Å². The van der Waals surface area contributed by atoms with Gasteiger partial charge in [0.2, 0.25) is 0 Å². The Bertz CT molecular complexity index is 311. The average molecular weight is 243 g/mol. The van der Waals surface area contributed by atoms with Crippen LogP contribution in [-0.4, -0.2) is 23.2 Å². The summed E-state index contributed by atoms with van der Waals surface area (Å²) in [6.07, 6.45) is 3.46. The van der Waals surface area contributed by atoms with Gasteiger partial charge in [-0.15, -0.1) is 0 Å². The molecule has 90 valence electrons. The second-order valence-electron chi connectivity index (χ2n) is 4.71. The van der Waals surface area contributed by atoms with E-state index in [0.29, 0.717) is 5.02 Å². The van der Waals surface area contributed by atoms with Gasteiger partial charge < -0.3 is 10.4 Å². The molecule has 0 unspecified atom stereocenters. The van der Waals surface area contributed by atoms with E-state index in [0.717, 1.165) is 25.2 Å². The molecular formula is C12H19ClN2O. The third-order valence-corrected chi connectivity index (χ3v) is 2.71. The molecule has 0 saturated carbocycles. The van der Waals surface area contributed by atoms with Crippen LogP contribution in [0.15, 0.2) is 18.3 Å². The van der Waals surface area contributed by atoms with Crippen LogP contribution in [0.4, 0.5) is 5.82 Å². The van der Waals surface area contributed by atoms with Crippen LogP contribution in [-0.2, 0) is 0 Å². The topological polar surface area (TPSA) is 45.1 Å². The summed E-state index contributed by atoms with van der Waals surface area (Å²) in [5, 5.41) is 12.7. The fourth-order valence-electron chi connectivity index (χ4n) is 1.46. The molecule has 3 nitrogen and oxygen atoms in total. The number of hydrogen-bond acceptors (Lipinski definition) is 3. The summed E-state index contributed by atoms with van der Waals surface area (Å²) in [7, 11) is 0. The van der Waals surface area contributed by atoms with E-state index in [2.05, 4.69) is 24.1 Å². The molecule has 0 amide bonds. The molecule has 0 saturated heterocycles. The first-order valence-corrected chi connectivity index (χ1v) is 5.87. The molecule has 0 atom stereocenters. The Labute approximate surface area is 102 Å². The van der Waals surface area contributed by atoms with Crippen LogP contribution in [0.1, 0.15) is 26.7 Å². The Morgan fingerprint density at radius 1 is 1.44 bits per heavy atom. The van der Waals surface area contributed by atoms with Gasteiger partial charge in [0.25, 0.3) is 0 Å². The molecule has 0 aliphatic rings. The van der Waals surface area contributed by atoms with Crippen molar-refractivity contribution < 1.29 is 5.11 Å². The highest BCUT2D eigenvalue weighted by Gasteiger charge is 2.16. The molecular weight excluding hydrogens is 224 g/mol. The van der Waals surface area contributed by atoms with Crippen LogP contribution in [0.25, 0.3) is 0 Å². The van der Waals surface area contributed by atoms with Crippen molar-refractivity contribution in [2.45, 2.75) is 26.7 Å². The van der Waals surface area contributed by atoms with Crippen molar-refractivity contribution in [1.82, 2.24) is 4.98 Å². The van der Waals surface area contributed by atoms with Gasteiger partial charge in [-0.25, -0.2) is 4.98 Å². The van der Waals surface area contributed by atoms with E-state index in [4.69, 9.17) is 16.7 Å². The predicted octanol–water partition coefficient (Wildman–Crippen LogP) is 2.95. The van der Waals surface area contributed by atoms with Gasteiger partial charge in [0.15, 0.2) is 0 Å². The van der Waals surface area contributed by atoms with Crippen LogP contribution < -0.4 is 5.32 Å². The van der Waals surface area contributed by atoms with Crippen molar-refractivity contribution in [3.8, 4) is 0 Å². The predicted molar refractivity (Wildman–Crippen MR) is 67.8 cm³/mol. The van der Waals surface area contributed by atoms with Crippen molar-refractivity contribution >= 4 is 17.4 Å². The lowest BCUT2D eigenvalue weighted by molar-refractivity contribution is 0.248. The summed E-state index contributed by atoms with van der Waals surface area (Å²) >= 11 is 5.75. The van der Waals surface area contributed by atoms with Gasteiger partial charge in [-0.05, 0) is 30.4 Å². The summed E-state index contributed by atoms with van der Waals surface area (Å²) < 4.78 is 0. The van der Waals surface area contributed by atoms with Crippen LogP contribution >= 0.6 is 11.6 Å². The lowest BCUT2D eigenvalue weighted by Gasteiger charge is -2.24. The summed E-state index contributed by atoms with van der Waals surface area (Å²) in [4.78, 5) is 4.17. The van der Waals surface area contributed by atoms with Crippen molar-refractivity contribution in [2.24, 2.45) is 5.41 Å². The summed E-state index contributed by atoms with van der Waals surface area (Å²) in [6, 6.07) is 3.68. The number of hydrogen-bond donors (Lipinski definition) is 2. The minimum absolute atomic E-state index is 0.157. The molecule has 0 spiro atoms. The van der Waals surface area contributed by atoms with Crippen molar-refractivity contribution in [2.75, 3.05) is 18.5 Å². The highest BCUT2D eigenvalue weighted by atomic mass is 35.5. The van der Waals surface area contributed by atoms with E-state index >= 15 is 0 Å². The molecule has 0 bridgehead atoms. The number of aromatic nitrogens is 1. The number of aliphatic hydroxyl groups excluding tert-OH is 1. The van der Waals surface area contributed by atoms with Crippen LogP contribution in [0.3, 0.4) is 0 Å². The first kappa shape index (κ1) is 13.3. The van der Waals surface area contributed by atoms with Gasteiger partial charge in [-0.2, -0.15) is 0 Å². The zero-order valence-corrected chi connectivity index (χ0v) is 10.6. The summed E-state index contributed by atoms with van der Waals surface area (Å²) in [6.45, 7) is 5.43. The molecule has 4 heteroatoms. The number of aliphatic hydroxyl groups is 1. The molecule has 0 fully saturated rings. The van der Waals surface area contributed by atoms with Crippen LogP contribution in [0.5, 0.6) is 0 Å². The zero-order valence-electron chi connectivity index (χ0n) is 9.83. The number of nitrogens with zero attached hydrogens (tertiary/aromatic N) is 1. The van der Waals surface area contributed by atoms with Gasteiger partial charge >= 0.3 is 0 Å². The largest absolute Gasteiger partial charge is 0.396 e. The van der Waals surface area contributed by atoms with E-state index in [1.807, 2.05) is 12.1 Å². The highest BCUT2D eigenvalue weighted by molar-refractivity contribution is 6.30. The Morgan fingerprint density at radius 2 is 2.19 bits per heavy atom. The second-order valence-corrected chi connectivity index (χ2v) is 5.14. The number of halogens is 1. The zero-order chi connectivity index (χ0) is 12.0. The first-order chi connectivity index (χ1) is 7.53. The third-order valence-electron chi connectivity index (χ3n) is 2.49. The van der Waals surface area contributed by atoms with Crippen LogP contribution in [0.2, 0.25) is 5.02 Å². The minimum Gasteiger partial charge on any atom is -0.396 e. The highest BCUT2D eigenvalue weighted by Crippen LogP contribution is 2.22. The molecule has 0 radical (unpaired) electrons. The maximum atomic E-state index is 8.80. The number of anilines is 1. The molecule has 1 aromatic heterocycles. The molecule has 1 rings (SSSR count). The molecule has 1 aromatic rings. The second kappa shape index (κ2) is 6.06. The molecule has 0 aromatic carbocycles. The van der Waals surface area contributed by atoms with Crippen molar-refractivity contribution in [3.05, 3.63) is 23.4 Å². The Balaban J connectivity index is 2.41. The quantitative estimate of drug-likeness (QED) is 0.806. The van der Waals surface area contributed by atoms with Gasteiger partial charge in [-0.1, -0.05) is 25.4 Å². The molecule has 0 aliphatic heterocycles. The molecule has 16 heavy (non-hydrogen) atoms. The lowest BCUT2D eigenvalue weighted by Crippen LogP contribution is -2.23. The fraction of sp³-hybridized carbons (Fsp3) is 0.583. The first-order valence-electron chi connectivity index (χ1n) is 5.50. The van der Waals surface area contributed by atoms with Crippen molar-refractivity contribution in [3.63, 3.8) is 0 Å². The average Bonchev–Trinajstić information content (AvgIpc) is 2.26. The number of pyridine rings is 1. The Hall–Kier alpha value is -0.800. The van der Waals surface area contributed by atoms with E-state index in [9.17, 15) is 0 Å². The third kappa shape index (κ3) is 4.81. The van der Waals surface area contributed by atoms with E-state index in [-0.39, 0.29) is 12.0 Å². The Kier molecular flexibility index (Phi) is 5.03. The van der Waals surface area contributed by atoms with E-state index in [1.54, 1.807) is 6.20 Å². The monoisotopic (exact) mass is 242 g/mol. The molecule has 0 aliphatic carbocycles. The number of rotatable bonds is 6. The fourth-order valence-corrected chi connectivity index (χ4v) is 1.57. The molecule has 2 N–H and O–H groups in total. The summed E-state index contributed by atoms with van der Waals surface area (Å²) in [5.41, 5.74) is 0.157. The van der Waals surface area contributed by atoms with E-state index < -0.39 is 0 Å². The summed E-state index contributed by atoms with van der Waals surface area (Å²) in [5.74, 6) is 0.835. The minimum atomic E-state index is 0.157. The maximum absolute atomic E-state index is 8.80. The van der Waals surface area contributed by atoms with Gasteiger partial charge in [0, 0.05) is 19.3 Å². The standard InChI is InChI=1S/C12H19ClN2O/c1-12(2,6-3-7-16)9-15-11-5-4-10(13)8-14-11/h4-5,8,16H,3,6-7,9H2,1-2H3,(H,14,15). The maximum Gasteiger partial charge on any atom is 0.126 e. The SMILES string of the molecule is CC(C)(CCCO)CNc1ccc(Cl)cn1. The normalized spacial score (nSPS) is 11.5. The van der Waals surface area contributed by atoms with Crippen molar-refractivity contribution in [1.29, 1.82) is 0 Å². The van der Waals surface area contributed by atoms with E-state index in [1.165, 1.54) is 0 Å². The Morgan fingerprint density at radius 3 is 2.75 bits per heavy atom. The molecule has 1 heterocycles. The van der Waals surface area contributed by atoms with Crippen LogP contribution in [0, 0.1) is 5.41 Å². The smallest absolute Gasteiger partial charge is 0.126 e. The lowest BCUT2D eigenvalue weighted by atomic mass is 9.88. The van der Waals surface area contributed by atoms with Gasteiger partial charge in [0.1, 0.15) is 5.82 Å². The number of nitrogens with one attached hydrogen (secondary N) is 1.